The van der Waals surface area contributed by atoms with Crippen molar-refractivity contribution in [2.45, 2.75) is 132 Å². The van der Waals surface area contributed by atoms with Crippen LogP contribution in [0, 0.1) is 0 Å². The van der Waals surface area contributed by atoms with Gasteiger partial charge in [-0.15, -0.1) is 0 Å². The van der Waals surface area contributed by atoms with E-state index in [9.17, 15) is 9.90 Å². The van der Waals surface area contributed by atoms with Crippen LogP contribution in [0.15, 0.2) is 112 Å². The number of rotatable bonds is 20. The monoisotopic (exact) mass is 652 g/mol. The van der Waals surface area contributed by atoms with Crippen molar-refractivity contribution in [3.63, 3.8) is 0 Å². The average Bonchev–Trinajstić information content (AvgIpc) is 3.10. The molecule has 0 aliphatic rings. The Labute approximate surface area is 286 Å². The van der Waals surface area contributed by atoms with Crippen LogP contribution in [0.5, 0.6) is 5.75 Å². The maximum absolute atomic E-state index is 14.3. The quantitative estimate of drug-likeness (QED) is 0.0966. The van der Waals surface area contributed by atoms with E-state index in [0.717, 1.165) is 41.9 Å². The van der Waals surface area contributed by atoms with Crippen molar-refractivity contribution in [3.8, 4) is 5.75 Å². The Bertz CT molecular complexity index is 1430. The molecule has 4 heteroatoms. The zero-order chi connectivity index (χ0) is 33.3. The van der Waals surface area contributed by atoms with E-state index in [2.05, 4.69) is 81.4 Å². The molecule has 0 amide bonds. The summed E-state index contributed by atoms with van der Waals surface area (Å²) < 4.78 is 7.04. The summed E-state index contributed by atoms with van der Waals surface area (Å²) in [4.78, 5) is 17.5. The molecule has 4 aromatic rings. The third-order valence-corrected chi connectivity index (χ3v) is 12.4. The van der Waals surface area contributed by atoms with Gasteiger partial charge in [0.15, 0.2) is 0 Å². The average molecular weight is 653 g/mol. The van der Waals surface area contributed by atoms with Crippen LogP contribution in [-0.2, 0) is 23.4 Å². The third-order valence-electron chi connectivity index (χ3n) is 8.98. The fourth-order valence-electron chi connectivity index (χ4n) is 6.49. The fourth-order valence-corrected chi connectivity index (χ4v) is 9.97. The zero-order valence-electron chi connectivity index (χ0n) is 29.0. The molecule has 0 fully saturated rings. The summed E-state index contributed by atoms with van der Waals surface area (Å²) in [7, 11) is -2.55. The molecule has 0 radical (unpaired) electrons. The first-order chi connectivity index (χ1) is 23.0. The lowest BCUT2D eigenvalue weighted by Crippen LogP contribution is -2.18. The van der Waals surface area contributed by atoms with Crippen LogP contribution in [-0.4, -0.2) is 11.1 Å². The van der Waals surface area contributed by atoms with Gasteiger partial charge in [-0.1, -0.05) is 139 Å². The molecule has 0 aromatic heterocycles. The SMILES string of the molecule is CCCCCCc1cc(CCCCCC)c(S(OC(=O)c2ccccc2O)(c2ccccc2)c2ccccc2)c(CCCCCC)c1. The van der Waals surface area contributed by atoms with Crippen molar-refractivity contribution in [2.24, 2.45) is 0 Å². The summed E-state index contributed by atoms with van der Waals surface area (Å²) >= 11 is 0. The van der Waals surface area contributed by atoms with Gasteiger partial charge in [0, 0.05) is 14.7 Å². The van der Waals surface area contributed by atoms with Crippen molar-refractivity contribution < 1.29 is 14.1 Å². The summed E-state index contributed by atoms with van der Waals surface area (Å²) in [6, 6.07) is 32.4. The molecule has 1 N–H and O–H groups in total. The predicted octanol–water partition coefficient (Wildman–Crippen LogP) is 12.8. The summed E-state index contributed by atoms with van der Waals surface area (Å²) in [6.45, 7) is 6.79. The normalized spacial score (nSPS) is 11.8. The van der Waals surface area contributed by atoms with E-state index in [0.29, 0.717) is 0 Å². The molecule has 0 aliphatic carbocycles. The highest BCUT2D eigenvalue weighted by Gasteiger charge is 2.40. The number of aryl methyl sites for hydroxylation is 3. The van der Waals surface area contributed by atoms with Gasteiger partial charge in [0.05, 0.1) is 0 Å². The van der Waals surface area contributed by atoms with Crippen molar-refractivity contribution >= 4 is 16.3 Å². The minimum Gasteiger partial charge on any atom is -0.507 e. The van der Waals surface area contributed by atoms with Crippen LogP contribution >= 0.6 is 10.3 Å². The molecular formula is C43H56O3S. The van der Waals surface area contributed by atoms with E-state index in [1.807, 2.05) is 12.1 Å². The number of unbranched alkanes of at least 4 members (excludes halogenated alkanes) is 9. The van der Waals surface area contributed by atoms with Crippen molar-refractivity contribution in [1.29, 1.82) is 0 Å². The molecule has 3 nitrogen and oxygen atoms in total. The Hall–Kier alpha value is -3.50. The lowest BCUT2D eigenvalue weighted by Gasteiger charge is -2.42. The molecule has 0 saturated carbocycles. The Balaban J connectivity index is 2.01. The highest BCUT2D eigenvalue weighted by Crippen LogP contribution is 2.71. The highest BCUT2D eigenvalue weighted by atomic mass is 32.3. The van der Waals surface area contributed by atoms with Crippen LogP contribution in [0.2, 0.25) is 0 Å². The molecule has 4 rings (SSSR count). The first-order valence-electron chi connectivity index (χ1n) is 18.1. The predicted molar refractivity (Wildman–Crippen MR) is 199 cm³/mol. The molecule has 47 heavy (non-hydrogen) atoms. The van der Waals surface area contributed by atoms with Gasteiger partial charge in [-0.3, -0.25) is 0 Å². The minimum atomic E-state index is -2.55. The van der Waals surface area contributed by atoms with Gasteiger partial charge in [-0.25, -0.2) is 4.79 Å². The molecule has 0 saturated heterocycles. The van der Waals surface area contributed by atoms with Gasteiger partial charge in [0.1, 0.15) is 11.3 Å². The fraction of sp³-hybridized carbons (Fsp3) is 0.419. The van der Waals surface area contributed by atoms with Crippen LogP contribution in [0.25, 0.3) is 0 Å². The van der Waals surface area contributed by atoms with E-state index < -0.39 is 16.3 Å². The van der Waals surface area contributed by atoms with Crippen molar-refractivity contribution in [1.82, 2.24) is 0 Å². The number of hydrogen-bond donors (Lipinski definition) is 1. The smallest absolute Gasteiger partial charge is 0.353 e. The molecule has 0 aliphatic heterocycles. The summed E-state index contributed by atoms with van der Waals surface area (Å²) in [6.07, 6.45) is 17.3. The number of phenols is 1. The molecule has 252 valence electrons. The minimum absolute atomic E-state index is 0.0612. The number of phenolic OH excluding ortho intramolecular Hbond substituents is 1. The van der Waals surface area contributed by atoms with Gasteiger partial charge < -0.3 is 9.29 Å². The summed E-state index contributed by atoms with van der Waals surface area (Å²) in [5.74, 6) is -0.558. The number of hydrogen-bond acceptors (Lipinski definition) is 3. The Kier molecular flexibility index (Phi) is 15.0. The summed E-state index contributed by atoms with van der Waals surface area (Å²) in [5.41, 5.74) is 4.22. The van der Waals surface area contributed by atoms with Gasteiger partial charge in [0.2, 0.25) is 0 Å². The van der Waals surface area contributed by atoms with Gasteiger partial charge in [-0.2, -0.15) is 0 Å². The van der Waals surface area contributed by atoms with Crippen LogP contribution in [0.1, 0.15) is 125 Å². The van der Waals surface area contributed by atoms with E-state index in [4.69, 9.17) is 4.18 Å². The largest absolute Gasteiger partial charge is 0.507 e. The maximum atomic E-state index is 14.3. The number of para-hydroxylation sites is 1. The van der Waals surface area contributed by atoms with Crippen LogP contribution in [0.3, 0.4) is 0 Å². The van der Waals surface area contributed by atoms with Gasteiger partial charge in [0.25, 0.3) is 0 Å². The molecular weight excluding hydrogens is 597 g/mol. The molecule has 0 heterocycles. The van der Waals surface area contributed by atoms with E-state index in [-0.39, 0.29) is 11.3 Å². The maximum Gasteiger partial charge on any atom is 0.353 e. The van der Waals surface area contributed by atoms with E-state index in [1.165, 1.54) is 85.8 Å². The Morgan fingerprint density at radius 3 is 1.49 bits per heavy atom. The number of benzene rings is 4. The van der Waals surface area contributed by atoms with Crippen LogP contribution < -0.4 is 0 Å². The number of carbonyl (C=O) groups excluding carboxylic acids is 1. The molecule has 0 spiro atoms. The molecule has 0 atom stereocenters. The lowest BCUT2D eigenvalue weighted by atomic mass is 9.95. The highest BCUT2D eigenvalue weighted by molar-refractivity contribution is 8.30. The first-order valence-corrected chi connectivity index (χ1v) is 19.7. The van der Waals surface area contributed by atoms with E-state index >= 15 is 0 Å². The second-order valence-corrected chi connectivity index (χ2v) is 15.4. The topological polar surface area (TPSA) is 46.5 Å². The zero-order valence-corrected chi connectivity index (χ0v) is 29.8. The van der Waals surface area contributed by atoms with Crippen LogP contribution in [0.4, 0.5) is 0 Å². The first kappa shape index (κ1) is 36.3. The number of aromatic hydroxyl groups is 1. The standard InChI is InChI=1S/C43H56O3S/c1-4-7-10-15-24-35-33-36(25-16-11-8-5-2)42(37(34-35)26-17-12-9-6-3)47(38-27-18-13-19-28-38,39-29-20-14-21-30-39)46-43(45)40-31-22-23-32-41(40)44/h13-14,18-23,27-34,44H,4-12,15-17,24-26H2,1-3H3. The van der Waals surface area contributed by atoms with Crippen molar-refractivity contribution in [2.75, 3.05) is 0 Å². The second-order valence-electron chi connectivity index (χ2n) is 12.7. The molecule has 0 unspecified atom stereocenters. The Morgan fingerprint density at radius 1 is 0.574 bits per heavy atom. The van der Waals surface area contributed by atoms with Gasteiger partial charge >= 0.3 is 5.97 Å². The molecule has 0 bridgehead atoms. The lowest BCUT2D eigenvalue weighted by molar-refractivity contribution is 0.0754. The van der Waals surface area contributed by atoms with Crippen molar-refractivity contribution in [3.05, 3.63) is 119 Å². The number of carbonyl (C=O) groups is 1. The Morgan fingerprint density at radius 2 is 1.02 bits per heavy atom. The summed E-state index contributed by atoms with van der Waals surface area (Å²) in [5, 5.41) is 10.8. The van der Waals surface area contributed by atoms with Gasteiger partial charge in [-0.05, 0) is 102 Å². The van der Waals surface area contributed by atoms with E-state index in [1.54, 1.807) is 24.3 Å². The second kappa shape index (κ2) is 19.4. The molecule has 4 aromatic carbocycles. The third kappa shape index (κ3) is 9.76.